The third kappa shape index (κ3) is 3.04. The van der Waals surface area contributed by atoms with E-state index in [9.17, 15) is 16.8 Å². The van der Waals surface area contributed by atoms with E-state index in [2.05, 4.69) is 4.98 Å². The summed E-state index contributed by atoms with van der Waals surface area (Å²) in [7, 11) is -6.97. The first-order valence-electron chi connectivity index (χ1n) is 7.67. The molecule has 0 atom stereocenters. The van der Waals surface area contributed by atoms with Crippen LogP contribution in [0.4, 0.5) is 0 Å². The van der Waals surface area contributed by atoms with Crippen LogP contribution in [0.5, 0.6) is 0 Å². The Morgan fingerprint density at radius 2 is 1.67 bits per heavy atom. The second-order valence-electron chi connectivity index (χ2n) is 5.56. The zero-order chi connectivity index (χ0) is 17.4. The van der Waals surface area contributed by atoms with E-state index in [1.54, 1.807) is 37.5 Å². The fourth-order valence-corrected chi connectivity index (χ4v) is 5.55. The molecule has 2 aromatic rings. The lowest BCUT2D eigenvalue weighted by Crippen LogP contribution is -2.50. The van der Waals surface area contributed by atoms with Crippen molar-refractivity contribution in [1.82, 2.24) is 13.6 Å². The smallest absolute Gasteiger partial charge is 0.243 e. The SMILES string of the molecule is CCS(=O)(=O)N1CCN(S(=O)(=O)c2cccc3cnccc23)CC1. The van der Waals surface area contributed by atoms with Crippen LogP contribution in [-0.4, -0.2) is 62.4 Å². The maximum Gasteiger partial charge on any atom is 0.243 e. The van der Waals surface area contributed by atoms with Gasteiger partial charge in [0.05, 0.1) is 10.6 Å². The van der Waals surface area contributed by atoms with E-state index in [0.29, 0.717) is 5.39 Å². The summed E-state index contributed by atoms with van der Waals surface area (Å²) in [4.78, 5) is 4.24. The molecule has 1 aromatic carbocycles. The number of benzene rings is 1. The molecule has 3 rings (SSSR count). The fourth-order valence-electron chi connectivity index (χ4n) is 2.83. The molecule has 0 spiro atoms. The predicted octanol–water partition coefficient (Wildman–Crippen LogP) is 0.891. The topological polar surface area (TPSA) is 87.7 Å². The molecule has 1 fully saturated rings. The monoisotopic (exact) mass is 369 g/mol. The lowest BCUT2D eigenvalue weighted by molar-refractivity contribution is 0.273. The summed E-state index contributed by atoms with van der Waals surface area (Å²) in [5.41, 5.74) is 0. The zero-order valence-corrected chi connectivity index (χ0v) is 14.9. The molecular formula is C15H19N3O4S2. The number of rotatable bonds is 4. The molecule has 2 heterocycles. The highest BCUT2D eigenvalue weighted by molar-refractivity contribution is 7.89. The molecule has 7 nitrogen and oxygen atoms in total. The van der Waals surface area contributed by atoms with Crippen molar-refractivity contribution in [3.05, 3.63) is 36.7 Å². The molecule has 1 aliphatic rings. The van der Waals surface area contributed by atoms with Crippen molar-refractivity contribution in [2.24, 2.45) is 0 Å². The first kappa shape index (κ1) is 17.3. The van der Waals surface area contributed by atoms with Gasteiger partial charge in [0.1, 0.15) is 0 Å². The summed E-state index contributed by atoms with van der Waals surface area (Å²) in [5, 5.41) is 1.38. The molecule has 0 saturated carbocycles. The summed E-state index contributed by atoms with van der Waals surface area (Å²) < 4.78 is 52.4. The van der Waals surface area contributed by atoms with Crippen molar-refractivity contribution in [2.45, 2.75) is 11.8 Å². The highest BCUT2D eigenvalue weighted by Gasteiger charge is 2.32. The highest BCUT2D eigenvalue weighted by Crippen LogP contribution is 2.26. The summed E-state index contributed by atoms with van der Waals surface area (Å²) >= 11 is 0. The Bertz CT molecular complexity index is 944. The van der Waals surface area contributed by atoms with E-state index < -0.39 is 20.0 Å². The predicted molar refractivity (Wildman–Crippen MR) is 91.5 cm³/mol. The molecule has 24 heavy (non-hydrogen) atoms. The van der Waals surface area contributed by atoms with E-state index >= 15 is 0 Å². The number of hydrogen-bond donors (Lipinski definition) is 0. The molecule has 1 saturated heterocycles. The first-order chi connectivity index (χ1) is 11.4. The number of sulfonamides is 2. The van der Waals surface area contributed by atoms with Crippen LogP contribution in [0.1, 0.15) is 6.92 Å². The fraction of sp³-hybridized carbons (Fsp3) is 0.400. The standard InChI is InChI=1S/C15H19N3O4S2/c1-2-23(19,20)17-8-10-18(11-9-17)24(21,22)15-5-3-4-13-12-16-7-6-14(13)15/h3-7,12H,2,8-11H2,1H3. The number of nitrogens with zero attached hydrogens (tertiary/aromatic N) is 3. The second-order valence-corrected chi connectivity index (χ2v) is 9.72. The maximum atomic E-state index is 13.0. The summed E-state index contributed by atoms with van der Waals surface area (Å²) in [6.45, 7) is 2.26. The van der Waals surface area contributed by atoms with Gasteiger partial charge in [-0.25, -0.2) is 16.8 Å². The van der Waals surface area contributed by atoms with E-state index in [0.717, 1.165) is 5.39 Å². The Labute approximate surface area is 142 Å². The summed E-state index contributed by atoms with van der Waals surface area (Å²) in [6, 6.07) is 6.76. The minimum absolute atomic E-state index is 0.0239. The summed E-state index contributed by atoms with van der Waals surface area (Å²) in [6.07, 6.45) is 3.19. The van der Waals surface area contributed by atoms with Crippen LogP contribution in [0.2, 0.25) is 0 Å². The van der Waals surface area contributed by atoms with Crippen LogP contribution in [0, 0.1) is 0 Å². The van der Waals surface area contributed by atoms with E-state index in [1.165, 1.54) is 8.61 Å². The molecule has 0 N–H and O–H groups in total. The van der Waals surface area contributed by atoms with Crippen LogP contribution < -0.4 is 0 Å². The highest BCUT2D eigenvalue weighted by atomic mass is 32.2. The number of aromatic nitrogens is 1. The van der Waals surface area contributed by atoms with Crippen LogP contribution >= 0.6 is 0 Å². The first-order valence-corrected chi connectivity index (χ1v) is 10.7. The Kier molecular flexibility index (Phi) is 4.60. The quantitative estimate of drug-likeness (QED) is 0.799. The number of fused-ring (bicyclic) bond motifs is 1. The van der Waals surface area contributed by atoms with Gasteiger partial charge < -0.3 is 0 Å². The van der Waals surface area contributed by atoms with Gasteiger partial charge >= 0.3 is 0 Å². The Morgan fingerprint density at radius 3 is 2.33 bits per heavy atom. The third-order valence-electron chi connectivity index (χ3n) is 4.21. The average Bonchev–Trinajstić information content (AvgIpc) is 2.61. The van der Waals surface area contributed by atoms with Crippen molar-refractivity contribution in [1.29, 1.82) is 0 Å². The van der Waals surface area contributed by atoms with Gasteiger partial charge in [0.2, 0.25) is 20.0 Å². The molecule has 0 bridgehead atoms. The third-order valence-corrected chi connectivity index (χ3v) is 8.05. The van der Waals surface area contributed by atoms with Gasteiger partial charge in [0.25, 0.3) is 0 Å². The van der Waals surface area contributed by atoms with E-state index in [4.69, 9.17) is 0 Å². The number of hydrogen-bond acceptors (Lipinski definition) is 5. The van der Waals surface area contributed by atoms with Crippen LogP contribution in [0.25, 0.3) is 10.8 Å². The lowest BCUT2D eigenvalue weighted by Gasteiger charge is -2.33. The minimum atomic E-state index is -3.68. The molecule has 130 valence electrons. The van der Waals surface area contributed by atoms with Crippen LogP contribution in [0.3, 0.4) is 0 Å². The normalized spacial score (nSPS) is 18.0. The van der Waals surface area contributed by atoms with Crippen molar-refractivity contribution in [3.8, 4) is 0 Å². The molecule has 0 amide bonds. The largest absolute Gasteiger partial charge is 0.264 e. The Hall–Kier alpha value is -1.55. The minimum Gasteiger partial charge on any atom is -0.264 e. The van der Waals surface area contributed by atoms with Crippen molar-refractivity contribution in [2.75, 3.05) is 31.9 Å². The van der Waals surface area contributed by atoms with Gasteiger partial charge in [0, 0.05) is 49.3 Å². The molecule has 0 aliphatic carbocycles. The number of pyridine rings is 1. The molecule has 0 radical (unpaired) electrons. The maximum absolute atomic E-state index is 13.0. The average molecular weight is 369 g/mol. The molecule has 1 aromatic heterocycles. The van der Waals surface area contributed by atoms with Gasteiger partial charge in [-0.1, -0.05) is 12.1 Å². The van der Waals surface area contributed by atoms with Gasteiger partial charge in [0.15, 0.2) is 0 Å². The zero-order valence-electron chi connectivity index (χ0n) is 13.3. The van der Waals surface area contributed by atoms with Crippen LogP contribution in [-0.2, 0) is 20.0 Å². The van der Waals surface area contributed by atoms with Gasteiger partial charge in [-0.05, 0) is 19.1 Å². The van der Waals surface area contributed by atoms with Gasteiger partial charge in [-0.15, -0.1) is 0 Å². The molecule has 1 aliphatic heterocycles. The van der Waals surface area contributed by atoms with Crippen molar-refractivity contribution >= 4 is 30.8 Å². The van der Waals surface area contributed by atoms with Crippen LogP contribution in [0.15, 0.2) is 41.6 Å². The van der Waals surface area contributed by atoms with Gasteiger partial charge in [-0.3, -0.25) is 4.98 Å². The molecular weight excluding hydrogens is 350 g/mol. The number of piperazine rings is 1. The van der Waals surface area contributed by atoms with Crippen molar-refractivity contribution < 1.29 is 16.8 Å². The Balaban J connectivity index is 1.90. The molecule has 0 unspecified atom stereocenters. The van der Waals surface area contributed by atoms with Gasteiger partial charge in [-0.2, -0.15) is 8.61 Å². The summed E-state index contributed by atoms with van der Waals surface area (Å²) in [5.74, 6) is 0.0239. The second kappa shape index (κ2) is 6.40. The van der Waals surface area contributed by atoms with E-state index in [1.807, 2.05) is 6.07 Å². The Morgan fingerprint density at radius 1 is 1.00 bits per heavy atom. The van der Waals surface area contributed by atoms with E-state index in [-0.39, 0.29) is 36.8 Å². The van der Waals surface area contributed by atoms with Crippen molar-refractivity contribution in [3.63, 3.8) is 0 Å². The lowest BCUT2D eigenvalue weighted by atomic mass is 10.2. The molecule has 9 heteroatoms.